The molecule has 1 fully saturated rings. The maximum Gasteiger partial charge on any atom is 0.329 e. The predicted molar refractivity (Wildman–Crippen MR) is 56.8 cm³/mol. The molecule has 2 unspecified atom stereocenters. The molecule has 0 saturated heterocycles. The summed E-state index contributed by atoms with van der Waals surface area (Å²) in [7, 11) is 0. The molecular formula is C10H18N2O4. The number of aliphatic carboxylic acids is 1. The monoisotopic (exact) mass is 230 g/mol. The van der Waals surface area contributed by atoms with Crippen LogP contribution in [0.15, 0.2) is 0 Å². The summed E-state index contributed by atoms with van der Waals surface area (Å²) in [6.07, 6.45) is 2.47. The highest BCUT2D eigenvalue weighted by molar-refractivity contribution is 5.78. The SMILES string of the molecule is NC1CCC(C(=O)NCCOCC(=O)O)C1. The molecule has 6 nitrogen and oxygen atoms in total. The first-order valence-electron chi connectivity index (χ1n) is 5.42. The fraction of sp³-hybridized carbons (Fsp3) is 0.800. The molecule has 6 heteroatoms. The maximum absolute atomic E-state index is 11.5. The third-order valence-electron chi connectivity index (χ3n) is 2.62. The van der Waals surface area contributed by atoms with Gasteiger partial charge in [-0.1, -0.05) is 0 Å². The Labute approximate surface area is 94.1 Å². The van der Waals surface area contributed by atoms with Crippen LogP contribution >= 0.6 is 0 Å². The zero-order valence-electron chi connectivity index (χ0n) is 9.15. The lowest BCUT2D eigenvalue weighted by molar-refractivity contribution is -0.142. The molecule has 1 rings (SSSR count). The van der Waals surface area contributed by atoms with E-state index in [0.717, 1.165) is 19.3 Å². The summed E-state index contributed by atoms with van der Waals surface area (Å²) in [6.45, 7) is 0.235. The number of hydrogen-bond donors (Lipinski definition) is 3. The average Bonchev–Trinajstić information content (AvgIpc) is 2.63. The molecule has 1 saturated carbocycles. The van der Waals surface area contributed by atoms with Gasteiger partial charge in [0, 0.05) is 18.5 Å². The van der Waals surface area contributed by atoms with Crippen molar-refractivity contribution in [3.8, 4) is 0 Å². The van der Waals surface area contributed by atoms with Crippen LogP contribution in [0.1, 0.15) is 19.3 Å². The summed E-state index contributed by atoms with van der Waals surface area (Å²) in [6, 6.07) is 0.138. The van der Waals surface area contributed by atoms with E-state index in [2.05, 4.69) is 5.32 Å². The van der Waals surface area contributed by atoms with Gasteiger partial charge in [-0.15, -0.1) is 0 Å². The molecule has 0 aromatic rings. The van der Waals surface area contributed by atoms with E-state index in [1.165, 1.54) is 0 Å². The van der Waals surface area contributed by atoms with Gasteiger partial charge in [0.2, 0.25) is 5.91 Å². The van der Waals surface area contributed by atoms with E-state index in [0.29, 0.717) is 6.54 Å². The normalized spacial score (nSPS) is 24.3. The summed E-state index contributed by atoms with van der Waals surface area (Å²) in [5, 5.41) is 11.0. The smallest absolute Gasteiger partial charge is 0.329 e. The molecule has 0 aromatic carbocycles. The number of ether oxygens (including phenoxy) is 1. The molecule has 0 spiro atoms. The number of nitrogens with one attached hydrogen (secondary N) is 1. The molecule has 0 bridgehead atoms. The standard InChI is InChI=1S/C10H18N2O4/c11-8-2-1-7(5-8)10(15)12-3-4-16-6-9(13)14/h7-8H,1-6,11H2,(H,12,15)(H,13,14). The number of carbonyl (C=O) groups excluding carboxylic acids is 1. The summed E-state index contributed by atoms with van der Waals surface area (Å²) in [5.41, 5.74) is 5.70. The molecule has 2 atom stereocenters. The van der Waals surface area contributed by atoms with Gasteiger partial charge in [0.15, 0.2) is 0 Å². The van der Waals surface area contributed by atoms with Gasteiger partial charge < -0.3 is 20.9 Å². The second-order valence-corrected chi connectivity index (χ2v) is 4.01. The number of nitrogens with two attached hydrogens (primary N) is 1. The van der Waals surface area contributed by atoms with E-state index in [-0.39, 0.29) is 31.1 Å². The van der Waals surface area contributed by atoms with Crippen molar-refractivity contribution in [2.75, 3.05) is 19.8 Å². The molecule has 1 aliphatic carbocycles. The maximum atomic E-state index is 11.5. The highest BCUT2D eigenvalue weighted by Gasteiger charge is 2.27. The van der Waals surface area contributed by atoms with Gasteiger partial charge in [-0.05, 0) is 19.3 Å². The number of amides is 1. The molecule has 1 amide bonds. The van der Waals surface area contributed by atoms with Crippen LogP contribution in [0.2, 0.25) is 0 Å². The highest BCUT2D eigenvalue weighted by atomic mass is 16.5. The van der Waals surface area contributed by atoms with E-state index in [9.17, 15) is 9.59 Å². The summed E-state index contributed by atoms with van der Waals surface area (Å²) in [4.78, 5) is 21.7. The Hall–Kier alpha value is -1.14. The summed E-state index contributed by atoms with van der Waals surface area (Å²) >= 11 is 0. The van der Waals surface area contributed by atoms with Crippen molar-refractivity contribution in [3.05, 3.63) is 0 Å². The first-order valence-corrected chi connectivity index (χ1v) is 5.42. The Balaban J connectivity index is 2.04. The van der Waals surface area contributed by atoms with Gasteiger partial charge in [0.25, 0.3) is 0 Å². The Morgan fingerprint density at radius 1 is 1.44 bits per heavy atom. The lowest BCUT2D eigenvalue weighted by atomic mass is 10.1. The molecule has 16 heavy (non-hydrogen) atoms. The Kier molecular flexibility index (Phi) is 5.21. The van der Waals surface area contributed by atoms with Crippen LogP contribution in [-0.2, 0) is 14.3 Å². The Bertz CT molecular complexity index is 257. The molecule has 0 heterocycles. The van der Waals surface area contributed by atoms with Crippen molar-refractivity contribution >= 4 is 11.9 Å². The number of hydrogen-bond acceptors (Lipinski definition) is 4. The lowest BCUT2D eigenvalue weighted by Crippen LogP contribution is -2.33. The van der Waals surface area contributed by atoms with Crippen molar-refractivity contribution in [1.82, 2.24) is 5.32 Å². The van der Waals surface area contributed by atoms with Crippen molar-refractivity contribution in [3.63, 3.8) is 0 Å². The fourth-order valence-electron chi connectivity index (χ4n) is 1.80. The summed E-state index contributed by atoms with van der Waals surface area (Å²) < 4.78 is 4.79. The van der Waals surface area contributed by atoms with E-state index in [1.54, 1.807) is 0 Å². The van der Waals surface area contributed by atoms with Crippen molar-refractivity contribution in [1.29, 1.82) is 0 Å². The number of rotatable bonds is 6. The van der Waals surface area contributed by atoms with Crippen molar-refractivity contribution in [2.24, 2.45) is 11.7 Å². The zero-order chi connectivity index (χ0) is 12.0. The first-order chi connectivity index (χ1) is 7.59. The highest BCUT2D eigenvalue weighted by Crippen LogP contribution is 2.23. The third kappa shape index (κ3) is 4.59. The fourth-order valence-corrected chi connectivity index (χ4v) is 1.80. The number of carboxylic acids is 1. The minimum atomic E-state index is -1.01. The average molecular weight is 230 g/mol. The third-order valence-corrected chi connectivity index (χ3v) is 2.62. The van der Waals surface area contributed by atoms with Crippen LogP contribution in [-0.4, -0.2) is 42.8 Å². The summed E-state index contributed by atoms with van der Waals surface area (Å²) in [5.74, 6) is -1.01. The van der Waals surface area contributed by atoms with Gasteiger partial charge >= 0.3 is 5.97 Å². The Morgan fingerprint density at radius 2 is 2.19 bits per heavy atom. The number of carbonyl (C=O) groups is 2. The Morgan fingerprint density at radius 3 is 2.75 bits per heavy atom. The predicted octanol–water partition coefficient (Wildman–Crippen LogP) is -0.669. The second-order valence-electron chi connectivity index (χ2n) is 4.01. The van der Waals surface area contributed by atoms with Crippen molar-refractivity contribution < 1.29 is 19.4 Å². The molecular weight excluding hydrogens is 212 g/mol. The van der Waals surface area contributed by atoms with Crippen LogP contribution in [0.4, 0.5) is 0 Å². The molecule has 92 valence electrons. The molecule has 0 aliphatic heterocycles. The van der Waals surface area contributed by atoms with Gasteiger partial charge in [-0.2, -0.15) is 0 Å². The van der Waals surface area contributed by atoms with Crippen molar-refractivity contribution in [2.45, 2.75) is 25.3 Å². The minimum Gasteiger partial charge on any atom is -0.480 e. The first kappa shape index (κ1) is 12.9. The van der Waals surface area contributed by atoms with E-state index in [1.807, 2.05) is 0 Å². The molecule has 0 radical (unpaired) electrons. The lowest BCUT2D eigenvalue weighted by Gasteiger charge is -2.10. The van der Waals surface area contributed by atoms with E-state index in [4.69, 9.17) is 15.6 Å². The van der Waals surface area contributed by atoms with Gasteiger partial charge in [-0.3, -0.25) is 4.79 Å². The van der Waals surface area contributed by atoms with Crippen LogP contribution in [0.25, 0.3) is 0 Å². The quantitative estimate of drug-likeness (QED) is 0.525. The van der Waals surface area contributed by atoms with Gasteiger partial charge in [-0.25, -0.2) is 4.79 Å². The van der Waals surface area contributed by atoms with Gasteiger partial charge in [0.1, 0.15) is 6.61 Å². The topological polar surface area (TPSA) is 102 Å². The molecule has 0 aromatic heterocycles. The van der Waals surface area contributed by atoms with Crippen LogP contribution < -0.4 is 11.1 Å². The molecule has 4 N–H and O–H groups in total. The van der Waals surface area contributed by atoms with Gasteiger partial charge in [0.05, 0.1) is 6.61 Å². The van der Waals surface area contributed by atoms with Crippen LogP contribution in [0.5, 0.6) is 0 Å². The van der Waals surface area contributed by atoms with Crippen LogP contribution in [0, 0.1) is 5.92 Å². The second kappa shape index (κ2) is 6.44. The van der Waals surface area contributed by atoms with E-state index < -0.39 is 5.97 Å². The largest absolute Gasteiger partial charge is 0.480 e. The van der Waals surface area contributed by atoms with Crippen LogP contribution in [0.3, 0.4) is 0 Å². The van der Waals surface area contributed by atoms with E-state index >= 15 is 0 Å². The zero-order valence-corrected chi connectivity index (χ0v) is 9.15. The molecule has 1 aliphatic rings. The number of carboxylic acid groups (broad SMARTS) is 1. The minimum absolute atomic E-state index is 0.00752.